The molecule has 0 amide bonds. The van der Waals surface area contributed by atoms with E-state index in [4.69, 9.17) is 18.9 Å². The summed E-state index contributed by atoms with van der Waals surface area (Å²) in [7, 11) is 0. The van der Waals surface area contributed by atoms with Crippen molar-refractivity contribution in [3.8, 4) is 0 Å². The zero-order chi connectivity index (χ0) is 37.1. The first-order chi connectivity index (χ1) is 27.2. The fourth-order valence-electron chi connectivity index (χ4n) is 7.26. The molecule has 1 saturated heterocycles. The minimum absolute atomic E-state index is 0.0268. The van der Waals surface area contributed by atoms with Crippen LogP contribution < -0.4 is 0 Å². The van der Waals surface area contributed by atoms with Crippen LogP contribution in [0.15, 0.2) is 176 Å². The maximum absolute atomic E-state index is 7.07. The predicted octanol–water partition coefficient (Wildman–Crippen LogP) is 11.6. The fraction of sp³-hybridized carbons (Fsp3) is 0.224. The quantitative estimate of drug-likeness (QED) is 0.0980. The number of fused-ring (bicyclic) bond motifs is 1. The topological polar surface area (TPSA) is 36.9 Å². The highest BCUT2D eigenvalue weighted by Crippen LogP contribution is 2.47. The van der Waals surface area contributed by atoms with Crippen LogP contribution in [-0.4, -0.2) is 30.2 Å². The van der Waals surface area contributed by atoms with Crippen LogP contribution >= 0.6 is 23.1 Å². The summed E-state index contributed by atoms with van der Waals surface area (Å²) in [6.07, 6.45) is -0.112. The van der Waals surface area contributed by atoms with E-state index in [0.717, 1.165) is 28.7 Å². The van der Waals surface area contributed by atoms with Crippen LogP contribution in [0.1, 0.15) is 43.5 Å². The Morgan fingerprint density at radius 1 is 0.436 bits per heavy atom. The predicted molar refractivity (Wildman–Crippen MR) is 226 cm³/mol. The van der Waals surface area contributed by atoms with Crippen molar-refractivity contribution in [2.75, 3.05) is 6.61 Å². The van der Waals surface area contributed by atoms with Gasteiger partial charge in [-0.15, -0.1) is 23.1 Å². The van der Waals surface area contributed by atoms with Gasteiger partial charge >= 0.3 is 0 Å². The second kappa shape index (κ2) is 18.9. The zero-order valence-corrected chi connectivity index (χ0v) is 32.5. The van der Waals surface area contributed by atoms with E-state index < -0.39 is 0 Å². The number of thioether (sulfide) groups is 1. The number of thiophene rings is 1. The molecule has 1 aliphatic rings. The molecule has 0 N–H and O–H groups in total. The molecule has 2 heterocycles. The van der Waals surface area contributed by atoms with Gasteiger partial charge < -0.3 is 18.9 Å². The summed E-state index contributed by atoms with van der Waals surface area (Å²) in [4.78, 5) is 1.36. The second-order valence-electron chi connectivity index (χ2n) is 14.1. The highest BCUT2D eigenvalue weighted by molar-refractivity contribution is 8.00. The summed E-state index contributed by atoms with van der Waals surface area (Å²) in [5.41, 5.74) is 7.02. The van der Waals surface area contributed by atoms with Gasteiger partial charge in [-0.05, 0) is 50.9 Å². The first kappa shape index (κ1) is 37.4. The summed E-state index contributed by atoms with van der Waals surface area (Å²) < 4.78 is 29.0. The number of hydrogen-bond acceptors (Lipinski definition) is 6. The van der Waals surface area contributed by atoms with Crippen LogP contribution in [-0.2, 0) is 51.8 Å². The SMILES string of the molecule is c1ccc(COC[C@H]2S[C@@H](c3cccc(Cc4cc5ccccc5s4)c3)[C@H](OCc3ccccc3)[C@@H](OCc3ccccc3)[C@@H]2OCc2ccccc2)cc1. The molecule has 7 aromatic rings. The third-order valence-corrected chi connectivity index (χ3v) is 12.7. The van der Waals surface area contributed by atoms with Gasteiger partial charge in [0, 0.05) is 16.0 Å². The molecule has 5 atom stereocenters. The van der Waals surface area contributed by atoms with Gasteiger partial charge in [-0.25, -0.2) is 0 Å². The van der Waals surface area contributed by atoms with Crippen LogP contribution in [0.2, 0.25) is 0 Å². The molecule has 0 saturated carbocycles. The van der Waals surface area contributed by atoms with Crippen LogP contribution in [0.4, 0.5) is 0 Å². The van der Waals surface area contributed by atoms with Gasteiger partial charge in [0.1, 0.15) is 18.3 Å². The number of rotatable bonds is 16. The van der Waals surface area contributed by atoms with Gasteiger partial charge in [-0.3, -0.25) is 0 Å². The average Bonchev–Trinajstić information content (AvgIpc) is 3.65. The standard InChI is InChI=1S/C49H46O4S2/c1-5-16-36(17-6-1)31-50-35-45-46(51-32-37-18-7-2-8-19-37)47(52-33-38-20-9-3-10-21-38)48(53-34-39-22-11-4-12-23-39)49(55-45)42-26-15-24-40(28-42)29-43-30-41-25-13-14-27-44(41)54-43/h1-28,30,45-49H,29,31-35H2/t45-,46-,47+,48-,49+/m1/s1. The minimum atomic E-state index is -0.379. The molecule has 8 rings (SSSR count). The molecule has 0 unspecified atom stereocenters. The van der Waals surface area contributed by atoms with E-state index in [0.29, 0.717) is 33.0 Å². The van der Waals surface area contributed by atoms with E-state index in [1.54, 1.807) is 0 Å². The zero-order valence-electron chi connectivity index (χ0n) is 30.8. The van der Waals surface area contributed by atoms with Crippen molar-refractivity contribution < 1.29 is 18.9 Å². The Hall–Kier alpha value is -4.53. The van der Waals surface area contributed by atoms with Crippen molar-refractivity contribution >= 4 is 33.2 Å². The monoisotopic (exact) mass is 762 g/mol. The molecule has 1 aromatic heterocycles. The van der Waals surface area contributed by atoms with E-state index in [1.165, 1.54) is 26.1 Å². The van der Waals surface area contributed by atoms with Crippen molar-refractivity contribution in [2.24, 2.45) is 0 Å². The molecule has 4 nitrogen and oxygen atoms in total. The summed E-state index contributed by atoms with van der Waals surface area (Å²) in [6.45, 7) is 2.42. The molecule has 55 heavy (non-hydrogen) atoms. The van der Waals surface area contributed by atoms with Crippen LogP contribution in [0.25, 0.3) is 10.1 Å². The van der Waals surface area contributed by atoms with Gasteiger partial charge in [0.2, 0.25) is 0 Å². The van der Waals surface area contributed by atoms with Gasteiger partial charge in [-0.1, -0.05) is 164 Å². The third kappa shape index (κ3) is 10.0. The third-order valence-electron chi connectivity index (χ3n) is 10.0. The summed E-state index contributed by atoms with van der Waals surface area (Å²) in [5.74, 6) is 0. The lowest BCUT2D eigenvalue weighted by Crippen LogP contribution is -2.54. The van der Waals surface area contributed by atoms with Crippen LogP contribution in [0.5, 0.6) is 0 Å². The Balaban J connectivity index is 1.14. The molecular weight excluding hydrogens is 717 g/mol. The first-order valence-corrected chi connectivity index (χ1v) is 20.8. The lowest BCUT2D eigenvalue weighted by molar-refractivity contribution is -0.160. The lowest BCUT2D eigenvalue weighted by Gasteiger charge is -2.46. The van der Waals surface area contributed by atoms with Crippen molar-refractivity contribution in [3.05, 3.63) is 214 Å². The number of ether oxygens (including phenoxy) is 4. The van der Waals surface area contributed by atoms with E-state index in [2.05, 4.69) is 152 Å². The number of hydrogen-bond donors (Lipinski definition) is 0. The molecular formula is C49H46O4S2. The summed E-state index contributed by atoms with van der Waals surface area (Å²) in [6, 6.07) is 61.7. The maximum Gasteiger partial charge on any atom is 0.113 e. The molecule has 0 bridgehead atoms. The lowest BCUT2D eigenvalue weighted by atomic mass is 9.94. The molecule has 1 aliphatic heterocycles. The second-order valence-corrected chi connectivity index (χ2v) is 16.6. The van der Waals surface area contributed by atoms with E-state index in [1.807, 2.05) is 47.4 Å². The van der Waals surface area contributed by atoms with E-state index >= 15 is 0 Å². The Morgan fingerprint density at radius 2 is 0.945 bits per heavy atom. The van der Waals surface area contributed by atoms with Crippen molar-refractivity contribution in [1.29, 1.82) is 0 Å². The fourth-order valence-corrected chi connectivity index (χ4v) is 9.99. The van der Waals surface area contributed by atoms with Gasteiger partial charge in [0.25, 0.3) is 0 Å². The normalized spacial score (nSPS) is 19.7. The highest BCUT2D eigenvalue weighted by atomic mass is 32.2. The molecule has 6 aromatic carbocycles. The molecule has 0 radical (unpaired) electrons. The Labute approximate surface area is 333 Å². The Bertz CT molecular complexity index is 2160. The smallest absolute Gasteiger partial charge is 0.113 e. The van der Waals surface area contributed by atoms with Gasteiger partial charge in [0.15, 0.2) is 0 Å². The Morgan fingerprint density at radius 3 is 1.55 bits per heavy atom. The highest BCUT2D eigenvalue weighted by Gasteiger charge is 2.48. The maximum atomic E-state index is 7.07. The first-order valence-electron chi connectivity index (χ1n) is 19.1. The Kier molecular flexibility index (Phi) is 12.8. The molecule has 6 heteroatoms. The van der Waals surface area contributed by atoms with Crippen LogP contribution in [0, 0.1) is 0 Å². The molecule has 0 aliphatic carbocycles. The minimum Gasteiger partial charge on any atom is -0.376 e. The summed E-state index contributed by atoms with van der Waals surface area (Å²) in [5, 5.41) is 1.24. The van der Waals surface area contributed by atoms with Crippen molar-refractivity contribution in [1.82, 2.24) is 0 Å². The van der Waals surface area contributed by atoms with Crippen molar-refractivity contribution in [3.63, 3.8) is 0 Å². The van der Waals surface area contributed by atoms with E-state index in [9.17, 15) is 0 Å². The van der Waals surface area contributed by atoms with Gasteiger partial charge in [0.05, 0.1) is 43.5 Å². The number of benzene rings is 6. The van der Waals surface area contributed by atoms with Crippen molar-refractivity contribution in [2.45, 2.75) is 61.7 Å². The summed E-state index contributed by atoms with van der Waals surface area (Å²) >= 11 is 3.77. The van der Waals surface area contributed by atoms with E-state index in [-0.39, 0.29) is 28.8 Å². The van der Waals surface area contributed by atoms with Gasteiger partial charge in [-0.2, -0.15) is 0 Å². The molecule has 1 fully saturated rings. The molecule has 0 spiro atoms. The largest absolute Gasteiger partial charge is 0.376 e. The molecule has 278 valence electrons. The van der Waals surface area contributed by atoms with Crippen LogP contribution in [0.3, 0.4) is 0 Å². The average molecular weight is 763 g/mol.